The summed E-state index contributed by atoms with van der Waals surface area (Å²) in [6, 6.07) is 8.01. The lowest BCUT2D eigenvalue weighted by molar-refractivity contribution is -0.150. The van der Waals surface area contributed by atoms with Crippen LogP contribution >= 0.6 is 23.4 Å². The molecule has 1 N–H and O–H groups in total. The molecule has 0 spiro atoms. The van der Waals surface area contributed by atoms with Crippen LogP contribution < -0.4 is 9.47 Å². The van der Waals surface area contributed by atoms with Crippen LogP contribution in [0.5, 0.6) is 17.4 Å². The number of H-pyrrole nitrogens is 1. The fourth-order valence-electron chi connectivity index (χ4n) is 2.84. The van der Waals surface area contributed by atoms with Gasteiger partial charge in [0.15, 0.2) is 6.10 Å². The maximum Gasteiger partial charge on any atom is 0.416 e. The summed E-state index contributed by atoms with van der Waals surface area (Å²) in [6.07, 6.45) is -3.44. The lowest BCUT2D eigenvalue weighted by atomic mass is 10.2. The number of thioether (sulfide) groups is 1. The minimum atomic E-state index is -4.49. The summed E-state index contributed by atoms with van der Waals surface area (Å²) in [6.45, 7) is 3.56. The number of hydrogen-bond acceptors (Lipinski definition) is 5. The minimum Gasteiger partial charge on any atom is -0.463 e. The molecule has 5 nitrogen and oxygen atoms in total. The van der Waals surface area contributed by atoms with Gasteiger partial charge in [0.25, 0.3) is 0 Å². The second-order valence-corrected chi connectivity index (χ2v) is 7.68. The standard InChI is InChI=1S/C21H19ClF3NO4S/c1-4-28-20(27)11(2)29-19-18(31-3)14-10-13(6-7-16(14)26-19)30-17-8-5-12(9-15(17)22)21(23,24)25/h5-11,26H,4H2,1-3H3. The van der Waals surface area contributed by atoms with Crippen molar-refractivity contribution in [2.24, 2.45) is 0 Å². The summed E-state index contributed by atoms with van der Waals surface area (Å²) < 4.78 is 54.9. The normalized spacial score (nSPS) is 12.6. The molecule has 2 aromatic carbocycles. The van der Waals surface area contributed by atoms with Crippen LogP contribution in [0.1, 0.15) is 19.4 Å². The van der Waals surface area contributed by atoms with Crippen LogP contribution in [-0.4, -0.2) is 29.9 Å². The highest BCUT2D eigenvalue weighted by Crippen LogP contribution is 2.40. The van der Waals surface area contributed by atoms with Gasteiger partial charge in [0.1, 0.15) is 11.5 Å². The minimum absolute atomic E-state index is 0.0997. The van der Waals surface area contributed by atoms with E-state index < -0.39 is 23.8 Å². The maximum absolute atomic E-state index is 12.8. The zero-order valence-electron chi connectivity index (χ0n) is 16.8. The molecule has 0 amide bonds. The number of esters is 1. The Morgan fingerprint density at radius 1 is 1.23 bits per heavy atom. The third kappa shape index (κ3) is 5.22. The molecule has 3 aromatic rings. The molecule has 1 heterocycles. The van der Waals surface area contributed by atoms with Crippen LogP contribution in [0.4, 0.5) is 13.2 Å². The Hall–Kier alpha value is -2.52. The topological polar surface area (TPSA) is 60.5 Å². The second kappa shape index (κ2) is 9.32. The van der Waals surface area contributed by atoms with Gasteiger partial charge in [-0.2, -0.15) is 13.2 Å². The van der Waals surface area contributed by atoms with E-state index in [0.717, 1.165) is 27.9 Å². The molecule has 0 bridgehead atoms. The predicted octanol–water partition coefficient (Wildman–Crippen LogP) is 6.68. The van der Waals surface area contributed by atoms with E-state index in [2.05, 4.69) is 4.98 Å². The van der Waals surface area contributed by atoms with Crippen LogP contribution in [0.25, 0.3) is 10.9 Å². The fraction of sp³-hybridized carbons (Fsp3) is 0.286. The molecule has 1 unspecified atom stereocenters. The largest absolute Gasteiger partial charge is 0.463 e. The first-order valence-electron chi connectivity index (χ1n) is 9.21. The molecular formula is C21H19ClF3NO4S. The number of nitrogens with one attached hydrogen (secondary N) is 1. The third-order valence-corrected chi connectivity index (χ3v) is 5.40. The van der Waals surface area contributed by atoms with Gasteiger partial charge in [-0.1, -0.05) is 11.6 Å². The molecule has 0 aliphatic heterocycles. The Morgan fingerprint density at radius 3 is 2.58 bits per heavy atom. The first-order valence-corrected chi connectivity index (χ1v) is 10.8. The van der Waals surface area contributed by atoms with Crippen LogP contribution in [0, 0.1) is 0 Å². The molecule has 166 valence electrons. The Labute approximate surface area is 185 Å². The molecule has 0 saturated heterocycles. The van der Waals surface area contributed by atoms with Crippen molar-refractivity contribution in [1.29, 1.82) is 0 Å². The van der Waals surface area contributed by atoms with E-state index >= 15 is 0 Å². The highest BCUT2D eigenvalue weighted by atomic mass is 35.5. The van der Waals surface area contributed by atoms with Crippen molar-refractivity contribution in [3.05, 3.63) is 47.0 Å². The van der Waals surface area contributed by atoms with Crippen molar-refractivity contribution in [2.75, 3.05) is 12.9 Å². The van der Waals surface area contributed by atoms with Crippen molar-refractivity contribution in [3.63, 3.8) is 0 Å². The van der Waals surface area contributed by atoms with Gasteiger partial charge in [0.05, 0.1) is 22.1 Å². The van der Waals surface area contributed by atoms with E-state index in [-0.39, 0.29) is 17.4 Å². The summed E-state index contributed by atoms with van der Waals surface area (Å²) in [7, 11) is 0. The lowest BCUT2D eigenvalue weighted by Gasteiger charge is -2.13. The van der Waals surface area contributed by atoms with Gasteiger partial charge in [0, 0.05) is 10.9 Å². The summed E-state index contributed by atoms with van der Waals surface area (Å²) in [4.78, 5) is 15.7. The molecule has 1 atom stereocenters. The van der Waals surface area contributed by atoms with Gasteiger partial charge < -0.3 is 19.2 Å². The van der Waals surface area contributed by atoms with Gasteiger partial charge in [-0.05, 0) is 56.5 Å². The van der Waals surface area contributed by atoms with E-state index in [0.29, 0.717) is 11.6 Å². The number of ether oxygens (including phenoxy) is 3. The number of carbonyl (C=O) groups excluding carboxylic acids is 1. The quantitative estimate of drug-likeness (QED) is 0.306. The van der Waals surface area contributed by atoms with Crippen molar-refractivity contribution in [3.8, 4) is 17.4 Å². The van der Waals surface area contributed by atoms with E-state index in [1.54, 1.807) is 32.0 Å². The zero-order valence-corrected chi connectivity index (χ0v) is 18.4. The van der Waals surface area contributed by atoms with E-state index in [1.165, 1.54) is 17.8 Å². The monoisotopic (exact) mass is 473 g/mol. The number of aromatic nitrogens is 1. The van der Waals surface area contributed by atoms with Crippen LogP contribution in [0.2, 0.25) is 5.02 Å². The van der Waals surface area contributed by atoms with Crippen LogP contribution in [-0.2, 0) is 15.7 Å². The summed E-state index contributed by atoms with van der Waals surface area (Å²) in [5, 5.41) is 0.612. The number of halogens is 4. The van der Waals surface area contributed by atoms with Gasteiger partial charge in [-0.25, -0.2) is 4.79 Å². The number of rotatable bonds is 7. The summed E-state index contributed by atoms with van der Waals surface area (Å²) >= 11 is 7.39. The number of carbonyl (C=O) groups is 1. The Morgan fingerprint density at radius 2 is 1.97 bits per heavy atom. The molecule has 0 aliphatic carbocycles. The van der Waals surface area contributed by atoms with Crippen molar-refractivity contribution < 1.29 is 32.2 Å². The molecule has 0 saturated carbocycles. The Bertz CT molecular complexity index is 1100. The number of benzene rings is 2. The zero-order chi connectivity index (χ0) is 22.8. The molecule has 3 rings (SSSR count). The molecule has 31 heavy (non-hydrogen) atoms. The van der Waals surface area contributed by atoms with Crippen molar-refractivity contribution >= 4 is 40.2 Å². The maximum atomic E-state index is 12.8. The first kappa shape index (κ1) is 23.1. The van der Waals surface area contributed by atoms with E-state index in [9.17, 15) is 18.0 Å². The summed E-state index contributed by atoms with van der Waals surface area (Å²) in [5.74, 6) is 0.415. The van der Waals surface area contributed by atoms with Crippen molar-refractivity contribution in [2.45, 2.75) is 31.0 Å². The molecule has 0 aliphatic rings. The van der Waals surface area contributed by atoms with Gasteiger partial charge >= 0.3 is 12.1 Å². The van der Waals surface area contributed by atoms with Gasteiger partial charge in [-0.3, -0.25) is 0 Å². The SMILES string of the molecule is CCOC(=O)C(C)Oc1[nH]c2ccc(Oc3ccc(C(F)(F)F)cc3Cl)cc2c1SC. The average Bonchev–Trinajstić information content (AvgIpc) is 3.05. The summed E-state index contributed by atoms with van der Waals surface area (Å²) in [5.41, 5.74) is -0.116. The molecule has 0 radical (unpaired) electrons. The molecule has 1 aromatic heterocycles. The van der Waals surface area contributed by atoms with Gasteiger partial charge in [-0.15, -0.1) is 11.8 Å². The first-order chi connectivity index (χ1) is 14.6. The van der Waals surface area contributed by atoms with Gasteiger partial charge in [0.2, 0.25) is 5.88 Å². The second-order valence-electron chi connectivity index (χ2n) is 6.45. The fourth-order valence-corrected chi connectivity index (χ4v) is 3.73. The highest BCUT2D eigenvalue weighted by molar-refractivity contribution is 7.99. The molecule has 10 heteroatoms. The molecule has 0 fully saturated rings. The number of hydrogen-bond donors (Lipinski definition) is 1. The predicted molar refractivity (Wildman–Crippen MR) is 113 cm³/mol. The number of aromatic amines is 1. The lowest BCUT2D eigenvalue weighted by Crippen LogP contribution is -2.26. The van der Waals surface area contributed by atoms with Crippen molar-refractivity contribution in [1.82, 2.24) is 4.98 Å². The van der Waals surface area contributed by atoms with Crippen LogP contribution in [0.15, 0.2) is 41.3 Å². The highest BCUT2D eigenvalue weighted by Gasteiger charge is 2.31. The number of alkyl halides is 3. The van der Waals surface area contributed by atoms with E-state index in [4.69, 9.17) is 25.8 Å². The van der Waals surface area contributed by atoms with E-state index in [1.807, 2.05) is 6.26 Å². The molecular weight excluding hydrogens is 455 g/mol. The van der Waals surface area contributed by atoms with Crippen LogP contribution in [0.3, 0.4) is 0 Å². The Kier molecular flexibility index (Phi) is 6.96. The number of fused-ring (bicyclic) bond motifs is 1. The third-order valence-electron chi connectivity index (χ3n) is 4.29. The Balaban J connectivity index is 1.88. The average molecular weight is 474 g/mol. The smallest absolute Gasteiger partial charge is 0.416 e.